The van der Waals surface area contributed by atoms with Gasteiger partial charge in [0.2, 0.25) is 0 Å². The molecule has 2 N–H and O–H groups in total. The van der Waals surface area contributed by atoms with E-state index < -0.39 is 0 Å². The molecule has 1 fully saturated rings. The van der Waals surface area contributed by atoms with Crippen LogP contribution in [-0.2, 0) is 0 Å². The molecule has 0 aliphatic heterocycles. The third kappa shape index (κ3) is 1.90. The van der Waals surface area contributed by atoms with E-state index in [1.54, 1.807) is 0 Å². The van der Waals surface area contributed by atoms with Gasteiger partial charge < -0.3 is 10.3 Å². The van der Waals surface area contributed by atoms with Crippen LogP contribution in [0, 0.1) is 37.0 Å². The van der Waals surface area contributed by atoms with Crippen LogP contribution in [0.5, 0.6) is 0 Å². The van der Waals surface area contributed by atoms with Gasteiger partial charge in [0.25, 0.3) is 0 Å². The second-order valence-electron chi connectivity index (χ2n) is 5.92. The van der Waals surface area contributed by atoms with E-state index in [1.165, 1.54) is 19.3 Å². The Morgan fingerprint density at radius 1 is 1.28 bits per heavy atom. The van der Waals surface area contributed by atoms with Crippen molar-refractivity contribution in [3.63, 3.8) is 0 Å². The normalized spacial score (nSPS) is 28.1. The third-order valence-electron chi connectivity index (χ3n) is 4.62. The molecule has 0 spiro atoms. The predicted octanol–water partition coefficient (Wildman–Crippen LogP) is 3.56. The second kappa shape index (κ2) is 4.68. The van der Waals surface area contributed by atoms with Gasteiger partial charge in [0.05, 0.1) is 5.56 Å². The quantitative estimate of drug-likeness (QED) is 0.822. The lowest BCUT2D eigenvalue weighted by molar-refractivity contribution is 0.208. The average Bonchev–Trinajstić information content (AvgIpc) is 2.52. The molecule has 1 aliphatic rings. The van der Waals surface area contributed by atoms with Gasteiger partial charge in [0.15, 0.2) is 0 Å². The minimum atomic E-state index is 0.460. The van der Waals surface area contributed by atoms with Crippen molar-refractivity contribution in [2.24, 2.45) is 11.8 Å². The highest BCUT2D eigenvalue weighted by atomic mass is 15.1. The number of nitrogens with two attached hydrogens (primary N) is 1. The second-order valence-corrected chi connectivity index (χ2v) is 5.92. The summed E-state index contributed by atoms with van der Waals surface area (Å²) in [5.41, 5.74) is 9.05. The van der Waals surface area contributed by atoms with Gasteiger partial charge in [-0.05, 0) is 50.5 Å². The highest BCUT2D eigenvalue weighted by Gasteiger charge is 2.30. The van der Waals surface area contributed by atoms with Gasteiger partial charge in [-0.3, -0.25) is 0 Å². The van der Waals surface area contributed by atoms with Crippen molar-refractivity contribution in [3.05, 3.63) is 16.8 Å². The van der Waals surface area contributed by atoms with Gasteiger partial charge in [-0.1, -0.05) is 13.8 Å². The molecule has 2 rings (SSSR count). The largest absolute Gasteiger partial charge is 0.384 e. The summed E-state index contributed by atoms with van der Waals surface area (Å²) >= 11 is 0. The van der Waals surface area contributed by atoms with Crippen LogP contribution in [0.25, 0.3) is 0 Å². The zero-order valence-electron chi connectivity index (χ0n) is 11.8. The summed E-state index contributed by atoms with van der Waals surface area (Å²) in [7, 11) is 0. The third-order valence-corrected chi connectivity index (χ3v) is 4.62. The topological polar surface area (TPSA) is 54.7 Å². The maximum Gasteiger partial charge on any atom is 0.122 e. The van der Waals surface area contributed by atoms with E-state index >= 15 is 0 Å². The molecule has 1 saturated carbocycles. The average molecular weight is 245 g/mol. The Morgan fingerprint density at radius 2 is 1.94 bits per heavy atom. The molecule has 1 aromatic heterocycles. The zero-order valence-corrected chi connectivity index (χ0v) is 11.8. The van der Waals surface area contributed by atoms with Crippen molar-refractivity contribution >= 4 is 5.82 Å². The smallest absolute Gasteiger partial charge is 0.122 e. The first-order chi connectivity index (χ1) is 8.47. The summed E-state index contributed by atoms with van der Waals surface area (Å²) in [6.45, 7) is 8.71. The first kappa shape index (κ1) is 13.0. The highest BCUT2D eigenvalue weighted by molar-refractivity contribution is 5.58. The molecule has 3 atom stereocenters. The Bertz CT molecular complexity index is 493. The van der Waals surface area contributed by atoms with E-state index in [9.17, 15) is 5.26 Å². The number of anilines is 1. The molecule has 3 nitrogen and oxygen atoms in total. The molecule has 0 amide bonds. The molecular formula is C15H23N3. The van der Waals surface area contributed by atoms with Crippen molar-refractivity contribution in [2.75, 3.05) is 5.73 Å². The van der Waals surface area contributed by atoms with Gasteiger partial charge in [-0.25, -0.2) is 0 Å². The molecule has 98 valence electrons. The van der Waals surface area contributed by atoms with E-state index in [2.05, 4.69) is 31.4 Å². The van der Waals surface area contributed by atoms with E-state index in [4.69, 9.17) is 5.73 Å². The van der Waals surface area contributed by atoms with Gasteiger partial charge in [0.1, 0.15) is 11.9 Å². The van der Waals surface area contributed by atoms with E-state index in [0.29, 0.717) is 23.3 Å². The lowest BCUT2D eigenvalue weighted by atomic mass is 9.79. The highest BCUT2D eigenvalue weighted by Crippen LogP contribution is 2.40. The maximum atomic E-state index is 9.20. The summed E-state index contributed by atoms with van der Waals surface area (Å²) in [5.74, 6) is 2.11. The van der Waals surface area contributed by atoms with Gasteiger partial charge in [-0.2, -0.15) is 5.26 Å². The van der Waals surface area contributed by atoms with Crippen LogP contribution in [0.3, 0.4) is 0 Å². The molecule has 18 heavy (non-hydrogen) atoms. The summed E-state index contributed by atoms with van der Waals surface area (Å²) in [4.78, 5) is 0. The van der Waals surface area contributed by atoms with Crippen LogP contribution < -0.4 is 5.73 Å². The molecule has 0 radical (unpaired) electrons. The first-order valence-corrected chi connectivity index (χ1v) is 6.84. The number of hydrogen-bond acceptors (Lipinski definition) is 2. The first-order valence-electron chi connectivity index (χ1n) is 6.84. The Hall–Kier alpha value is -1.43. The van der Waals surface area contributed by atoms with Gasteiger partial charge >= 0.3 is 0 Å². The Kier molecular flexibility index (Phi) is 3.38. The summed E-state index contributed by atoms with van der Waals surface area (Å²) in [6, 6.07) is 2.70. The van der Waals surface area contributed by atoms with E-state index in [0.717, 1.165) is 17.2 Å². The number of hydrogen-bond donors (Lipinski definition) is 1. The molecule has 1 heterocycles. The van der Waals surface area contributed by atoms with Crippen LogP contribution in [-0.4, -0.2) is 4.57 Å². The van der Waals surface area contributed by atoms with E-state index in [-0.39, 0.29) is 0 Å². The molecule has 1 aliphatic carbocycles. The summed E-state index contributed by atoms with van der Waals surface area (Å²) in [6.07, 6.45) is 3.68. The van der Waals surface area contributed by atoms with Crippen LogP contribution in [0.15, 0.2) is 0 Å². The number of nitrogens with zero attached hydrogens (tertiary/aromatic N) is 2. The number of aromatic nitrogens is 1. The Morgan fingerprint density at radius 3 is 2.44 bits per heavy atom. The van der Waals surface area contributed by atoms with Crippen LogP contribution in [0.2, 0.25) is 0 Å². The number of nitriles is 1. The number of nitrogen functional groups attached to an aromatic ring is 1. The van der Waals surface area contributed by atoms with Crippen molar-refractivity contribution in [1.82, 2.24) is 4.57 Å². The fourth-order valence-electron chi connectivity index (χ4n) is 3.46. The molecule has 0 saturated heterocycles. The summed E-state index contributed by atoms with van der Waals surface area (Å²) in [5, 5.41) is 9.20. The lowest BCUT2D eigenvalue weighted by Gasteiger charge is -2.35. The van der Waals surface area contributed by atoms with Crippen molar-refractivity contribution in [2.45, 2.75) is 53.0 Å². The van der Waals surface area contributed by atoms with Crippen molar-refractivity contribution < 1.29 is 0 Å². The fraction of sp³-hybridized carbons (Fsp3) is 0.667. The molecular weight excluding hydrogens is 222 g/mol. The number of rotatable bonds is 1. The van der Waals surface area contributed by atoms with Crippen LogP contribution in [0.4, 0.5) is 5.82 Å². The fourth-order valence-corrected chi connectivity index (χ4v) is 3.46. The molecule has 3 unspecified atom stereocenters. The lowest BCUT2D eigenvalue weighted by Crippen LogP contribution is -2.26. The van der Waals surface area contributed by atoms with Gasteiger partial charge in [0, 0.05) is 11.7 Å². The zero-order chi connectivity index (χ0) is 13.4. The minimum Gasteiger partial charge on any atom is -0.384 e. The minimum absolute atomic E-state index is 0.460. The SMILES string of the molecule is Cc1c(C#N)c(N)n(C2CCC(C)CC2C)c1C. The Balaban J connectivity index is 2.43. The Labute approximate surface area is 110 Å². The van der Waals surface area contributed by atoms with Crippen molar-refractivity contribution in [1.29, 1.82) is 5.26 Å². The summed E-state index contributed by atoms with van der Waals surface area (Å²) < 4.78 is 2.21. The molecule has 1 aromatic rings. The van der Waals surface area contributed by atoms with Crippen LogP contribution >= 0.6 is 0 Å². The van der Waals surface area contributed by atoms with Crippen molar-refractivity contribution in [3.8, 4) is 6.07 Å². The maximum absolute atomic E-state index is 9.20. The molecule has 0 bridgehead atoms. The molecule has 0 aromatic carbocycles. The van der Waals surface area contributed by atoms with E-state index in [1.807, 2.05) is 6.92 Å². The standard InChI is InChI=1S/C15H23N3/c1-9-5-6-14(10(2)7-9)18-12(4)11(3)13(8-16)15(18)17/h9-10,14H,5-7,17H2,1-4H3. The molecule has 3 heteroatoms. The van der Waals surface area contributed by atoms with Crippen LogP contribution in [0.1, 0.15) is 56.0 Å². The predicted molar refractivity (Wildman–Crippen MR) is 74.2 cm³/mol. The monoisotopic (exact) mass is 245 g/mol. The van der Waals surface area contributed by atoms with Gasteiger partial charge in [-0.15, -0.1) is 0 Å².